The van der Waals surface area contributed by atoms with Crippen LogP contribution in [0.15, 0.2) is 18.3 Å². The Kier molecular flexibility index (Phi) is 5.07. The number of hydrogen-bond donors (Lipinski definition) is 1. The molecule has 1 aromatic heterocycles. The fourth-order valence-corrected chi connectivity index (χ4v) is 5.50. The van der Waals surface area contributed by atoms with Crippen molar-refractivity contribution >= 4 is 11.9 Å². The Bertz CT molecular complexity index is 957. The summed E-state index contributed by atoms with van der Waals surface area (Å²) in [4.78, 5) is 30.8. The van der Waals surface area contributed by atoms with E-state index in [0.29, 0.717) is 38.7 Å². The van der Waals surface area contributed by atoms with E-state index in [0.717, 1.165) is 12.3 Å². The summed E-state index contributed by atoms with van der Waals surface area (Å²) >= 11 is 0. The van der Waals surface area contributed by atoms with Crippen LogP contribution in [0.5, 0.6) is 0 Å². The van der Waals surface area contributed by atoms with E-state index in [-0.39, 0.29) is 43.5 Å². The lowest BCUT2D eigenvalue weighted by Crippen LogP contribution is -2.69. The van der Waals surface area contributed by atoms with E-state index in [9.17, 15) is 31.5 Å². The van der Waals surface area contributed by atoms with Crippen LogP contribution in [0.25, 0.3) is 0 Å². The highest BCUT2D eigenvalue weighted by atomic mass is 19.4. The van der Waals surface area contributed by atoms with Gasteiger partial charge in [0.2, 0.25) is 5.91 Å². The van der Waals surface area contributed by atoms with Crippen molar-refractivity contribution in [3.05, 3.63) is 29.6 Å². The molecule has 1 N–H and O–H groups in total. The molecular weight excluding hydrogens is 451 g/mol. The van der Waals surface area contributed by atoms with Crippen LogP contribution in [0, 0.1) is 11.3 Å². The van der Waals surface area contributed by atoms with Gasteiger partial charge in [-0.05, 0) is 31.4 Å². The van der Waals surface area contributed by atoms with Gasteiger partial charge in [0.15, 0.2) is 0 Å². The molecule has 3 aliphatic heterocycles. The second kappa shape index (κ2) is 7.51. The molecule has 33 heavy (non-hydrogen) atoms. The Balaban J connectivity index is 1.16. The van der Waals surface area contributed by atoms with Crippen LogP contribution in [-0.2, 0) is 21.6 Å². The van der Waals surface area contributed by atoms with Crippen molar-refractivity contribution < 1.29 is 36.3 Å². The third-order valence-corrected chi connectivity index (χ3v) is 7.22. The third kappa shape index (κ3) is 3.91. The van der Waals surface area contributed by atoms with Gasteiger partial charge in [-0.2, -0.15) is 13.2 Å². The zero-order valence-corrected chi connectivity index (χ0v) is 17.6. The number of pyridine rings is 1. The van der Waals surface area contributed by atoms with Crippen LogP contribution in [0.2, 0.25) is 0 Å². The van der Waals surface area contributed by atoms with E-state index in [4.69, 9.17) is 4.74 Å². The highest BCUT2D eigenvalue weighted by molar-refractivity contribution is 5.79. The van der Waals surface area contributed by atoms with E-state index in [1.54, 1.807) is 9.80 Å². The van der Waals surface area contributed by atoms with Gasteiger partial charge in [0.05, 0.1) is 12.1 Å². The Morgan fingerprint density at radius 2 is 1.91 bits per heavy atom. The number of carbonyl (C=O) groups excluding carboxylic acids is 2. The molecule has 0 radical (unpaired) electrons. The van der Waals surface area contributed by atoms with Crippen LogP contribution < -0.4 is 5.32 Å². The summed E-state index contributed by atoms with van der Waals surface area (Å²) in [5.74, 6) is -4.70. The molecule has 3 amide bonds. The number of ether oxygens (including phenoxy) is 1. The van der Waals surface area contributed by atoms with Crippen LogP contribution in [-0.4, -0.2) is 71.7 Å². The van der Waals surface area contributed by atoms with Gasteiger partial charge in [-0.25, -0.2) is 13.6 Å². The number of aromatic nitrogens is 1. The highest BCUT2D eigenvalue weighted by Gasteiger charge is 2.61. The monoisotopic (exact) mass is 474 g/mol. The first-order chi connectivity index (χ1) is 15.5. The van der Waals surface area contributed by atoms with Crippen molar-refractivity contribution in [3.8, 4) is 0 Å². The summed E-state index contributed by atoms with van der Waals surface area (Å²) < 4.78 is 73.8. The normalized spacial score (nSPS) is 27.5. The van der Waals surface area contributed by atoms with Crippen LogP contribution >= 0.6 is 0 Å². The minimum Gasteiger partial charge on any atom is -0.366 e. The van der Waals surface area contributed by atoms with Gasteiger partial charge in [-0.1, -0.05) is 0 Å². The zero-order chi connectivity index (χ0) is 23.6. The van der Waals surface area contributed by atoms with Crippen molar-refractivity contribution in [1.82, 2.24) is 20.1 Å². The molecule has 5 rings (SSSR count). The van der Waals surface area contributed by atoms with Gasteiger partial charge in [0, 0.05) is 49.3 Å². The molecule has 4 fully saturated rings. The van der Waals surface area contributed by atoms with Gasteiger partial charge in [-0.3, -0.25) is 9.78 Å². The molecule has 1 aromatic rings. The number of alkyl halides is 5. The molecule has 1 saturated carbocycles. The zero-order valence-electron chi connectivity index (χ0n) is 17.6. The number of hydrogen-bond acceptors (Lipinski definition) is 4. The fraction of sp³-hybridized carbons (Fsp3) is 0.667. The average molecular weight is 474 g/mol. The summed E-state index contributed by atoms with van der Waals surface area (Å²) in [7, 11) is 0. The summed E-state index contributed by atoms with van der Waals surface area (Å²) in [5, 5.41) is 2.83. The number of morpholine rings is 1. The number of fused-ring (bicyclic) bond motifs is 1. The van der Waals surface area contributed by atoms with E-state index in [1.807, 2.05) is 0 Å². The molecule has 1 spiro atoms. The van der Waals surface area contributed by atoms with Crippen molar-refractivity contribution in [2.75, 3.05) is 32.8 Å². The number of halogens is 5. The molecule has 0 unspecified atom stereocenters. The van der Waals surface area contributed by atoms with Crippen LogP contribution in [0.1, 0.15) is 30.5 Å². The van der Waals surface area contributed by atoms with E-state index in [1.165, 1.54) is 0 Å². The predicted molar refractivity (Wildman–Crippen MR) is 103 cm³/mol. The number of likely N-dealkylation sites (tertiary alicyclic amines) is 2. The molecule has 3 saturated heterocycles. The molecule has 7 nitrogen and oxygen atoms in total. The standard InChI is InChI=1S/C21H23F5N4O3/c22-20(23,12-1-3-27-16(5-12)21(24,25)26)13-6-19(7-13)10-30(11-19)18(32)29-4-2-15-14(8-29)28-17(31)9-33-15/h1,3,5,13-15H,2,4,6-11H2,(H,28,31)/t14-,15+/m1/s1. The van der Waals surface area contributed by atoms with Crippen LogP contribution in [0.4, 0.5) is 26.7 Å². The van der Waals surface area contributed by atoms with Gasteiger partial charge >= 0.3 is 12.2 Å². The summed E-state index contributed by atoms with van der Waals surface area (Å²) in [5.41, 5.74) is -2.43. The SMILES string of the molecule is O=C1CO[C@H]2CCN(C(=O)N3CC4(CC(C(F)(F)c5ccnc(C(F)(F)F)c5)C4)C3)C[C@H]2N1. The largest absolute Gasteiger partial charge is 0.433 e. The number of urea groups is 1. The minimum atomic E-state index is -4.79. The van der Waals surface area contributed by atoms with E-state index >= 15 is 0 Å². The molecule has 2 atom stereocenters. The van der Waals surface area contributed by atoms with Gasteiger partial charge in [0.25, 0.3) is 5.92 Å². The Labute approximate surface area is 186 Å². The van der Waals surface area contributed by atoms with Crippen molar-refractivity contribution in [3.63, 3.8) is 0 Å². The number of carbonyl (C=O) groups is 2. The lowest BCUT2D eigenvalue weighted by atomic mass is 9.55. The average Bonchev–Trinajstić information content (AvgIpc) is 2.70. The van der Waals surface area contributed by atoms with Crippen molar-refractivity contribution in [2.45, 2.75) is 43.5 Å². The van der Waals surface area contributed by atoms with Gasteiger partial charge in [0.1, 0.15) is 12.3 Å². The third-order valence-electron chi connectivity index (χ3n) is 7.22. The molecular formula is C21H23F5N4O3. The highest BCUT2D eigenvalue weighted by Crippen LogP contribution is 2.59. The quantitative estimate of drug-likeness (QED) is 0.669. The Hall–Kier alpha value is -2.50. The number of rotatable bonds is 2. The molecule has 1 aliphatic carbocycles. The molecule has 0 bridgehead atoms. The van der Waals surface area contributed by atoms with E-state index < -0.39 is 34.7 Å². The number of piperidine rings is 1. The second-order valence-electron chi connectivity index (χ2n) is 9.55. The summed E-state index contributed by atoms with van der Waals surface area (Å²) in [6.45, 7) is 1.53. The molecule has 0 aromatic carbocycles. The number of nitrogens with one attached hydrogen (secondary N) is 1. The Morgan fingerprint density at radius 3 is 2.61 bits per heavy atom. The topological polar surface area (TPSA) is 74.8 Å². The molecule has 4 aliphatic rings. The maximum absolute atomic E-state index is 14.9. The first kappa shape index (κ1) is 22.3. The molecule has 4 heterocycles. The smallest absolute Gasteiger partial charge is 0.366 e. The number of amides is 3. The first-order valence-corrected chi connectivity index (χ1v) is 10.8. The summed E-state index contributed by atoms with van der Waals surface area (Å²) in [6, 6.07) is 0.888. The molecule has 12 heteroatoms. The van der Waals surface area contributed by atoms with Crippen LogP contribution in [0.3, 0.4) is 0 Å². The van der Waals surface area contributed by atoms with Gasteiger partial charge < -0.3 is 19.9 Å². The van der Waals surface area contributed by atoms with Crippen molar-refractivity contribution in [1.29, 1.82) is 0 Å². The second-order valence-corrected chi connectivity index (χ2v) is 9.55. The lowest BCUT2D eigenvalue weighted by molar-refractivity contribution is -0.179. The van der Waals surface area contributed by atoms with Crippen molar-refractivity contribution in [2.24, 2.45) is 11.3 Å². The maximum atomic E-state index is 14.9. The molecule has 180 valence electrons. The number of nitrogens with zero attached hydrogens (tertiary/aromatic N) is 3. The predicted octanol–water partition coefficient (Wildman–Crippen LogP) is 2.61. The minimum absolute atomic E-state index is 0.0204. The Morgan fingerprint density at radius 1 is 1.18 bits per heavy atom. The maximum Gasteiger partial charge on any atom is 0.433 e. The fourth-order valence-electron chi connectivity index (χ4n) is 5.50. The lowest BCUT2D eigenvalue weighted by Gasteiger charge is -2.60. The van der Waals surface area contributed by atoms with Gasteiger partial charge in [-0.15, -0.1) is 0 Å². The summed E-state index contributed by atoms with van der Waals surface area (Å²) in [6.07, 6.45) is -3.26. The van der Waals surface area contributed by atoms with E-state index in [2.05, 4.69) is 10.3 Å². The first-order valence-electron chi connectivity index (χ1n) is 10.8.